The van der Waals surface area contributed by atoms with Crippen LogP contribution in [0.3, 0.4) is 0 Å². The van der Waals surface area contributed by atoms with Crippen LogP contribution in [0, 0.1) is 6.92 Å². The molecule has 0 aliphatic carbocycles. The van der Waals surface area contributed by atoms with Gasteiger partial charge < -0.3 is 10.2 Å². The molecule has 1 heterocycles. The van der Waals surface area contributed by atoms with Gasteiger partial charge in [0.2, 0.25) is 11.8 Å². The molecule has 1 aromatic rings. The summed E-state index contributed by atoms with van der Waals surface area (Å²) in [4.78, 5) is 24.5. The van der Waals surface area contributed by atoms with Crippen molar-refractivity contribution in [3.8, 4) is 0 Å². The number of halogens is 3. The third kappa shape index (κ3) is 5.23. The molecule has 0 radical (unpaired) electrons. The zero-order chi connectivity index (χ0) is 16.9. The number of nitrogens with one attached hydrogen (secondary N) is 1. The fraction of sp³-hybridized carbons (Fsp3) is 0.462. The molecule has 0 aliphatic rings. The highest BCUT2D eigenvalue weighted by Crippen LogP contribution is 2.19. The van der Waals surface area contributed by atoms with Crippen molar-refractivity contribution in [3.63, 3.8) is 0 Å². The largest absolute Gasteiger partial charge is 0.408 e. The highest BCUT2D eigenvalue weighted by Gasteiger charge is 2.29. The van der Waals surface area contributed by atoms with Gasteiger partial charge in [-0.15, -0.1) is 0 Å². The number of carbonyl (C=O) groups excluding carboxylic acids is 2. The standard InChI is InChI=1S/C13H17F3N4O2/c1-4-12(22)19(5-2)7-11(21)17-10-6-9(3)20(18-10)8-13(14,15)16/h4,6H,1,5,7-8H2,2-3H3,(H,17,18,21). The summed E-state index contributed by atoms with van der Waals surface area (Å²) in [6.45, 7) is 5.31. The molecule has 0 bridgehead atoms. The van der Waals surface area contributed by atoms with Gasteiger partial charge in [-0.3, -0.25) is 14.3 Å². The Kier molecular flexibility index (Phi) is 5.72. The molecule has 0 fully saturated rings. The first kappa shape index (κ1) is 17.7. The monoisotopic (exact) mass is 318 g/mol. The van der Waals surface area contributed by atoms with Crippen molar-refractivity contribution in [1.29, 1.82) is 0 Å². The number of carbonyl (C=O) groups is 2. The molecule has 6 nitrogen and oxygen atoms in total. The molecule has 1 N–H and O–H groups in total. The predicted molar refractivity (Wildman–Crippen MR) is 74.1 cm³/mol. The maximum atomic E-state index is 12.3. The zero-order valence-electron chi connectivity index (χ0n) is 12.3. The van der Waals surface area contributed by atoms with Crippen LogP contribution in [0.15, 0.2) is 18.7 Å². The summed E-state index contributed by atoms with van der Waals surface area (Å²) in [5.74, 6) is -0.945. The van der Waals surface area contributed by atoms with Gasteiger partial charge in [0.25, 0.3) is 0 Å². The Morgan fingerprint density at radius 3 is 2.64 bits per heavy atom. The fourth-order valence-electron chi connectivity index (χ4n) is 1.73. The first-order valence-electron chi connectivity index (χ1n) is 6.48. The van der Waals surface area contributed by atoms with Crippen molar-refractivity contribution < 1.29 is 22.8 Å². The smallest absolute Gasteiger partial charge is 0.330 e. The van der Waals surface area contributed by atoms with Crippen LogP contribution < -0.4 is 5.32 Å². The van der Waals surface area contributed by atoms with Crippen molar-refractivity contribution in [2.45, 2.75) is 26.6 Å². The Labute approximate surface area is 125 Å². The molecule has 1 aromatic heterocycles. The highest BCUT2D eigenvalue weighted by atomic mass is 19.4. The van der Waals surface area contributed by atoms with E-state index >= 15 is 0 Å². The number of likely N-dealkylation sites (N-methyl/N-ethyl adjacent to an activating group) is 1. The second kappa shape index (κ2) is 7.10. The average Bonchev–Trinajstić information content (AvgIpc) is 2.72. The van der Waals surface area contributed by atoms with Crippen LogP contribution in [0.2, 0.25) is 0 Å². The minimum absolute atomic E-state index is 0.00820. The van der Waals surface area contributed by atoms with Crippen molar-refractivity contribution in [2.24, 2.45) is 0 Å². The van der Waals surface area contributed by atoms with E-state index in [1.54, 1.807) is 6.92 Å². The van der Waals surface area contributed by atoms with E-state index in [1.807, 2.05) is 0 Å². The maximum Gasteiger partial charge on any atom is 0.408 e. The summed E-state index contributed by atoms with van der Waals surface area (Å²) in [6, 6.07) is 1.33. The number of anilines is 1. The third-order valence-corrected chi connectivity index (χ3v) is 2.78. The Hall–Kier alpha value is -2.32. The van der Waals surface area contributed by atoms with Gasteiger partial charge in [0.05, 0.1) is 0 Å². The molecule has 122 valence electrons. The van der Waals surface area contributed by atoms with Crippen LogP contribution in [0.25, 0.3) is 0 Å². The lowest BCUT2D eigenvalue weighted by Crippen LogP contribution is -2.36. The number of rotatable bonds is 6. The van der Waals surface area contributed by atoms with E-state index in [9.17, 15) is 22.8 Å². The number of amides is 2. The minimum atomic E-state index is -4.40. The van der Waals surface area contributed by atoms with E-state index in [1.165, 1.54) is 17.9 Å². The highest BCUT2D eigenvalue weighted by molar-refractivity contribution is 5.95. The molecule has 2 amide bonds. The van der Waals surface area contributed by atoms with Crippen LogP contribution >= 0.6 is 0 Å². The van der Waals surface area contributed by atoms with Gasteiger partial charge in [-0.25, -0.2) is 0 Å². The maximum absolute atomic E-state index is 12.3. The Morgan fingerprint density at radius 2 is 2.14 bits per heavy atom. The van der Waals surface area contributed by atoms with Gasteiger partial charge in [-0.05, 0) is 19.9 Å². The SMILES string of the molecule is C=CC(=O)N(CC)CC(=O)Nc1cc(C)n(CC(F)(F)F)n1. The topological polar surface area (TPSA) is 67.2 Å². The molecule has 0 saturated heterocycles. The van der Waals surface area contributed by atoms with E-state index in [4.69, 9.17) is 0 Å². The molecule has 1 rings (SSSR count). The van der Waals surface area contributed by atoms with Crippen LogP contribution in [-0.2, 0) is 16.1 Å². The number of hydrogen-bond acceptors (Lipinski definition) is 3. The Balaban J connectivity index is 2.71. The number of aromatic nitrogens is 2. The molecule has 0 unspecified atom stereocenters. The van der Waals surface area contributed by atoms with E-state index < -0.39 is 24.5 Å². The quantitative estimate of drug-likeness (QED) is 0.812. The second-order valence-corrected chi connectivity index (χ2v) is 4.55. The predicted octanol–water partition coefficient (Wildman–Crippen LogP) is 1.73. The summed E-state index contributed by atoms with van der Waals surface area (Å²) < 4.78 is 37.8. The molecular formula is C13H17F3N4O2. The van der Waals surface area contributed by atoms with Gasteiger partial charge in [-0.2, -0.15) is 18.3 Å². The molecule has 0 aromatic carbocycles. The third-order valence-electron chi connectivity index (χ3n) is 2.78. The number of alkyl halides is 3. The summed E-state index contributed by atoms with van der Waals surface area (Å²) in [7, 11) is 0. The second-order valence-electron chi connectivity index (χ2n) is 4.55. The van der Waals surface area contributed by atoms with E-state index in [2.05, 4.69) is 17.0 Å². The van der Waals surface area contributed by atoms with Crippen LogP contribution in [-0.4, -0.2) is 45.8 Å². The normalized spacial score (nSPS) is 11.1. The van der Waals surface area contributed by atoms with Crippen molar-refractivity contribution in [1.82, 2.24) is 14.7 Å². The lowest BCUT2D eigenvalue weighted by molar-refractivity contribution is -0.142. The van der Waals surface area contributed by atoms with E-state index in [0.29, 0.717) is 6.54 Å². The van der Waals surface area contributed by atoms with Gasteiger partial charge in [0.15, 0.2) is 5.82 Å². The zero-order valence-corrected chi connectivity index (χ0v) is 12.3. The van der Waals surface area contributed by atoms with Crippen molar-refractivity contribution >= 4 is 17.6 Å². The number of nitrogens with zero attached hydrogens (tertiary/aromatic N) is 3. The van der Waals surface area contributed by atoms with E-state index in [-0.39, 0.29) is 18.1 Å². The van der Waals surface area contributed by atoms with Gasteiger partial charge in [0.1, 0.15) is 13.1 Å². The van der Waals surface area contributed by atoms with Gasteiger partial charge >= 0.3 is 6.18 Å². The Morgan fingerprint density at radius 1 is 1.50 bits per heavy atom. The Bertz CT molecular complexity index is 566. The van der Waals surface area contributed by atoms with Crippen molar-refractivity contribution in [3.05, 3.63) is 24.4 Å². The van der Waals surface area contributed by atoms with Gasteiger partial charge in [-0.1, -0.05) is 6.58 Å². The van der Waals surface area contributed by atoms with Crippen LogP contribution in [0.5, 0.6) is 0 Å². The molecule has 0 saturated carbocycles. The lowest BCUT2D eigenvalue weighted by Gasteiger charge is -2.17. The molecule has 0 aliphatic heterocycles. The van der Waals surface area contributed by atoms with Crippen LogP contribution in [0.4, 0.5) is 19.0 Å². The minimum Gasteiger partial charge on any atom is -0.330 e. The number of aryl methyl sites for hydroxylation is 1. The first-order valence-corrected chi connectivity index (χ1v) is 6.48. The molecule has 9 heteroatoms. The first-order chi connectivity index (χ1) is 10.2. The van der Waals surface area contributed by atoms with E-state index in [0.717, 1.165) is 10.8 Å². The summed E-state index contributed by atoms with van der Waals surface area (Å²) in [5.41, 5.74) is 0.266. The molecule has 22 heavy (non-hydrogen) atoms. The average molecular weight is 318 g/mol. The molecule has 0 atom stereocenters. The van der Waals surface area contributed by atoms with Crippen LogP contribution in [0.1, 0.15) is 12.6 Å². The van der Waals surface area contributed by atoms with Gasteiger partial charge in [0, 0.05) is 18.3 Å². The van der Waals surface area contributed by atoms with Crippen molar-refractivity contribution in [2.75, 3.05) is 18.4 Å². The summed E-state index contributed by atoms with van der Waals surface area (Å²) in [6.07, 6.45) is -3.31. The summed E-state index contributed by atoms with van der Waals surface area (Å²) in [5, 5.41) is 6.04. The molecular weight excluding hydrogens is 301 g/mol. The fourth-order valence-corrected chi connectivity index (χ4v) is 1.73. The summed E-state index contributed by atoms with van der Waals surface area (Å²) >= 11 is 0. The number of hydrogen-bond donors (Lipinski definition) is 1. The lowest BCUT2D eigenvalue weighted by atomic mass is 10.4. The molecule has 0 spiro atoms.